The lowest BCUT2D eigenvalue weighted by Crippen LogP contribution is -2.15. The first-order chi connectivity index (χ1) is 11.1. The van der Waals surface area contributed by atoms with Crippen LogP contribution in [0, 0.1) is 21.7 Å². The van der Waals surface area contributed by atoms with E-state index in [1.54, 1.807) is 0 Å². The van der Waals surface area contributed by atoms with Gasteiger partial charge in [0.25, 0.3) is 11.6 Å². The summed E-state index contributed by atoms with van der Waals surface area (Å²) in [4.78, 5) is 21.8. The molecule has 1 N–H and O–H groups in total. The SMILES string of the molecule is O=C(Nc1ccc(F)c(C(F)(F)F)c1)c1ccc(F)cc1[N+](=O)[O-]. The summed E-state index contributed by atoms with van der Waals surface area (Å²) in [5, 5.41) is 12.8. The monoisotopic (exact) mass is 346 g/mol. The topological polar surface area (TPSA) is 72.2 Å². The molecule has 0 radical (unpaired) electrons. The third-order valence-corrected chi connectivity index (χ3v) is 2.93. The second-order valence-electron chi connectivity index (χ2n) is 4.57. The number of alkyl halides is 3. The Morgan fingerprint density at radius 1 is 1.08 bits per heavy atom. The Kier molecular flexibility index (Phi) is 4.49. The average Bonchev–Trinajstić information content (AvgIpc) is 2.47. The summed E-state index contributed by atoms with van der Waals surface area (Å²) < 4.78 is 64.1. The number of rotatable bonds is 3. The Hall–Kier alpha value is -3.04. The van der Waals surface area contributed by atoms with Crippen molar-refractivity contribution in [3.05, 3.63) is 69.3 Å². The van der Waals surface area contributed by atoms with E-state index in [9.17, 15) is 36.9 Å². The van der Waals surface area contributed by atoms with Crippen LogP contribution in [-0.4, -0.2) is 10.8 Å². The Labute approximate surface area is 130 Å². The standard InChI is InChI=1S/C14H7F5N2O3/c15-7-1-3-9(12(5-7)21(23)24)13(22)20-8-2-4-11(16)10(6-8)14(17,18)19/h1-6H,(H,20,22). The van der Waals surface area contributed by atoms with Gasteiger partial charge in [-0.05, 0) is 30.3 Å². The van der Waals surface area contributed by atoms with Crippen LogP contribution in [0.2, 0.25) is 0 Å². The summed E-state index contributed by atoms with van der Waals surface area (Å²) in [6, 6.07) is 3.81. The lowest BCUT2D eigenvalue weighted by atomic mass is 10.1. The molecule has 126 valence electrons. The lowest BCUT2D eigenvalue weighted by Gasteiger charge is -2.11. The fraction of sp³-hybridized carbons (Fsp3) is 0.0714. The van der Waals surface area contributed by atoms with Crippen molar-refractivity contribution in [3.8, 4) is 0 Å². The normalized spacial score (nSPS) is 11.2. The molecule has 1 amide bonds. The van der Waals surface area contributed by atoms with Crippen LogP contribution in [0.5, 0.6) is 0 Å². The van der Waals surface area contributed by atoms with Gasteiger partial charge in [-0.1, -0.05) is 0 Å². The van der Waals surface area contributed by atoms with E-state index in [2.05, 4.69) is 0 Å². The summed E-state index contributed by atoms with van der Waals surface area (Å²) in [6.07, 6.45) is -4.98. The van der Waals surface area contributed by atoms with Crippen molar-refractivity contribution in [1.82, 2.24) is 0 Å². The zero-order valence-corrected chi connectivity index (χ0v) is 11.5. The first kappa shape index (κ1) is 17.3. The van der Waals surface area contributed by atoms with Crippen LogP contribution < -0.4 is 5.32 Å². The van der Waals surface area contributed by atoms with E-state index in [1.165, 1.54) is 0 Å². The molecule has 0 aliphatic heterocycles. The van der Waals surface area contributed by atoms with Crippen molar-refractivity contribution >= 4 is 17.3 Å². The van der Waals surface area contributed by atoms with E-state index in [4.69, 9.17) is 0 Å². The van der Waals surface area contributed by atoms with Gasteiger partial charge in [-0.25, -0.2) is 8.78 Å². The summed E-state index contributed by atoms with van der Waals surface area (Å²) in [6.45, 7) is 0. The van der Waals surface area contributed by atoms with Crippen LogP contribution in [0.1, 0.15) is 15.9 Å². The van der Waals surface area contributed by atoms with E-state index >= 15 is 0 Å². The molecule has 0 aliphatic carbocycles. The number of nitro groups is 1. The highest BCUT2D eigenvalue weighted by Crippen LogP contribution is 2.33. The lowest BCUT2D eigenvalue weighted by molar-refractivity contribution is -0.385. The van der Waals surface area contributed by atoms with Gasteiger partial charge in [-0.2, -0.15) is 13.2 Å². The summed E-state index contributed by atoms with van der Waals surface area (Å²) in [5.41, 5.74) is -3.44. The molecule has 2 aromatic carbocycles. The molecule has 0 aliphatic rings. The highest BCUT2D eigenvalue weighted by Gasteiger charge is 2.34. The van der Waals surface area contributed by atoms with Crippen LogP contribution in [-0.2, 0) is 6.18 Å². The molecule has 0 saturated heterocycles. The molecule has 0 bridgehead atoms. The third kappa shape index (κ3) is 3.65. The van der Waals surface area contributed by atoms with Crippen molar-refractivity contribution in [2.75, 3.05) is 5.32 Å². The molecule has 0 saturated carbocycles. The summed E-state index contributed by atoms with van der Waals surface area (Å²) >= 11 is 0. The molecule has 0 atom stereocenters. The van der Waals surface area contributed by atoms with Gasteiger partial charge in [-0.3, -0.25) is 14.9 Å². The fourth-order valence-corrected chi connectivity index (χ4v) is 1.87. The maximum atomic E-state index is 13.2. The van der Waals surface area contributed by atoms with E-state index in [1.807, 2.05) is 5.32 Å². The molecule has 0 unspecified atom stereocenters. The van der Waals surface area contributed by atoms with Gasteiger partial charge in [-0.15, -0.1) is 0 Å². The van der Waals surface area contributed by atoms with Gasteiger partial charge < -0.3 is 5.32 Å². The zero-order valence-electron chi connectivity index (χ0n) is 11.5. The van der Waals surface area contributed by atoms with Crippen LogP contribution in [0.3, 0.4) is 0 Å². The molecule has 0 spiro atoms. The largest absolute Gasteiger partial charge is 0.419 e. The molecular formula is C14H7F5N2O3. The number of nitrogens with zero attached hydrogens (tertiary/aromatic N) is 1. The molecule has 0 fully saturated rings. The van der Waals surface area contributed by atoms with Crippen LogP contribution in [0.4, 0.5) is 33.3 Å². The summed E-state index contributed by atoms with van der Waals surface area (Å²) in [5.74, 6) is -3.63. The maximum Gasteiger partial charge on any atom is 0.419 e. The van der Waals surface area contributed by atoms with Crippen molar-refractivity contribution in [3.63, 3.8) is 0 Å². The number of anilines is 1. The molecule has 0 heterocycles. The predicted octanol–water partition coefficient (Wildman–Crippen LogP) is 4.14. The average molecular weight is 346 g/mol. The van der Waals surface area contributed by atoms with Gasteiger partial charge in [0.05, 0.1) is 16.6 Å². The maximum absolute atomic E-state index is 13.2. The first-order valence-corrected chi connectivity index (χ1v) is 6.21. The second-order valence-corrected chi connectivity index (χ2v) is 4.57. The van der Waals surface area contributed by atoms with Crippen LogP contribution in [0.25, 0.3) is 0 Å². The number of benzene rings is 2. The van der Waals surface area contributed by atoms with Crippen molar-refractivity contribution in [2.45, 2.75) is 6.18 Å². The Bertz CT molecular complexity index is 821. The number of hydrogen-bond acceptors (Lipinski definition) is 3. The highest BCUT2D eigenvalue weighted by atomic mass is 19.4. The molecule has 10 heteroatoms. The van der Waals surface area contributed by atoms with Gasteiger partial charge in [0.1, 0.15) is 17.2 Å². The smallest absolute Gasteiger partial charge is 0.322 e. The molecule has 5 nitrogen and oxygen atoms in total. The minimum absolute atomic E-state index is 0.350. The quantitative estimate of drug-likeness (QED) is 0.516. The number of carbonyl (C=O) groups is 1. The van der Waals surface area contributed by atoms with Gasteiger partial charge >= 0.3 is 6.18 Å². The summed E-state index contributed by atoms with van der Waals surface area (Å²) in [7, 11) is 0. The number of nitrogens with one attached hydrogen (secondary N) is 1. The van der Waals surface area contributed by atoms with Crippen LogP contribution in [0.15, 0.2) is 36.4 Å². The fourth-order valence-electron chi connectivity index (χ4n) is 1.87. The molecule has 24 heavy (non-hydrogen) atoms. The van der Waals surface area contributed by atoms with Crippen molar-refractivity contribution in [1.29, 1.82) is 0 Å². The number of amides is 1. The highest BCUT2D eigenvalue weighted by molar-refractivity contribution is 6.07. The zero-order chi connectivity index (χ0) is 18.1. The number of hydrogen-bond donors (Lipinski definition) is 1. The van der Waals surface area contributed by atoms with E-state index in [0.29, 0.717) is 18.2 Å². The molecule has 2 aromatic rings. The van der Waals surface area contributed by atoms with Gasteiger partial charge in [0.2, 0.25) is 0 Å². The first-order valence-electron chi connectivity index (χ1n) is 6.21. The van der Waals surface area contributed by atoms with E-state index in [-0.39, 0.29) is 0 Å². The Balaban J connectivity index is 2.36. The second kappa shape index (κ2) is 6.22. The van der Waals surface area contributed by atoms with Crippen molar-refractivity contribution in [2.24, 2.45) is 0 Å². The number of halogens is 5. The van der Waals surface area contributed by atoms with Crippen molar-refractivity contribution < 1.29 is 31.7 Å². The molecular weight excluding hydrogens is 339 g/mol. The Morgan fingerprint density at radius 2 is 1.75 bits per heavy atom. The van der Waals surface area contributed by atoms with E-state index < -0.39 is 51.1 Å². The molecule has 2 rings (SSSR count). The third-order valence-electron chi connectivity index (χ3n) is 2.93. The number of carbonyl (C=O) groups excluding carboxylic acids is 1. The van der Waals surface area contributed by atoms with Crippen LogP contribution >= 0.6 is 0 Å². The Morgan fingerprint density at radius 3 is 2.33 bits per heavy atom. The minimum Gasteiger partial charge on any atom is -0.322 e. The number of nitro benzene ring substituents is 1. The van der Waals surface area contributed by atoms with E-state index in [0.717, 1.165) is 18.2 Å². The van der Waals surface area contributed by atoms with Gasteiger partial charge in [0, 0.05) is 5.69 Å². The predicted molar refractivity (Wildman–Crippen MR) is 72.4 cm³/mol. The molecule has 0 aromatic heterocycles. The van der Waals surface area contributed by atoms with Gasteiger partial charge in [0.15, 0.2) is 0 Å². The minimum atomic E-state index is -4.98.